The Morgan fingerprint density at radius 2 is 1.89 bits per heavy atom. The molecule has 1 fully saturated rings. The Balaban J connectivity index is 1.50. The molecule has 0 spiro atoms. The second-order valence-electron chi connectivity index (χ2n) is 9.42. The third-order valence-corrected chi connectivity index (χ3v) is 7.07. The van der Waals surface area contributed by atoms with Crippen molar-refractivity contribution in [2.45, 2.75) is 58.0 Å². The van der Waals surface area contributed by atoms with E-state index in [9.17, 15) is 4.79 Å². The molecule has 37 heavy (non-hydrogen) atoms. The fourth-order valence-electron chi connectivity index (χ4n) is 5.07. The van der Waals surface area contributed by atoms with Gasteiger partial charge in [-0.15, -0.1) is 5.92 Å². The van der Waals surface area contributed by atoms with E-state index in [-0.39, 0.29) is 18.0 Å². The lowest BCUT2D eigenvalue weighted by atomic mass is 9.95. The Bertz CT molecular complexity index is 1470. The molecule has 2 aromatic carbocycles. The van der Waals surface area contributed by atoms with Crippen LogP contribution in [0.2, 0.25) is 0 Å². The molecule has 0 saturated heterocycles. The van der Waals surface area contributed by atoms with Gasteiger partial charge in [0.25, 0.3) is 5.91 Å². The number of amides is 1. The Hall–Kier alpha value is -4.18. The van der Waals surface area contributed by atoms with Crippen molar-refractivity contribution >= 4 is 16.8 Å². The van der Waals surface area contributed by atoms with Gasteiger partial charge in [0.1, 0.15) is 0 Å². The van der Waals surface area contributed by atoms with E-state index in [1.165, 1.54) is 6.42 Å². The largest absolute Gasteiger partial charge is 0.467 e. The lowest BCUT2D eigenvalue weighted by Gasteiger charge is -2.23. The van der Waals surface area contributed by atoms with Gasteiger partial charge in [0.2, 0.25) is 0 Å². The number of methoxy groups -OCH3 is 1. The average Bonchev–Trinajstić information content (AvgIpc) is 3.39. The number of hydrogen-bond donors (Lipinski definition) is 1. The number of fused-ring (bicyclic) bond motifs is 1. The molecule has 0 radical (unpaired) electrons. The molecule has 1 saturated carbocycles. The highest BCUT2D eigenvalue weighted by Crippen LogP contribution is 2.30. The third-order valence-electron chi connectivity index (χ3n) is 7.07. The van der Waals surface area contributed by atoms with Gasteiger partial charge in [-0.05, 0) is 50.5 Å². The summed E-state index contributed by atoms with van der Waals surface area (Å²) in [7, 11) is 1.56. The molecule has 7 nitrogen and oxygen atoms in total. The number of aromatic nitrogens is 4. The summed E-state index contributed by atoms with van der Waals surface area (Å²) < 4.78 is 7.10. The van der Waals surface area contributed by atoms with Crippen molar-refractivity contribution in [1.82, 2.24) is 25.1 Å². The number of carbonyl (C=O) groups excluding carboxylic acids is 1. The number of rotatable bonds is 6. The van der Waals surface area contributed by atoms with Gasteiger partial charge in [-0.25, -0.2) is 4.98 Å². The second kappa shape index (κ2) is 10.8. The van der Waals surface area contributed by atoms with E-state index in [4.69, 9.17) is 9.84 Å². The Morgan fingerprint density at radius 1 is 1.11 bits per heavy atom. The van der Waals surface area contributed by atoms with Crippen molar-refractivity contribution < 1.29 is 9.53 Å². The van der Waals surface area contributed by atoms with Crippen LogP contribution in [0.25, 0.3) is 22.2 Å². The van der Waals surface area contributed by atoms with Gasteiger partial charge < -0.3 is 10.1 Å². The van der Waals surface area contributed by atoms with E-state index in [0.717, 1.165) is 59.0 Å². The van der Waals surface area contributed by atoms with Crippen molar-refractivity contribution in [1.29, 1.82) is 0 Å². The first-order chi connectivity index (χ1) is 18.1. The van der Waals surface area contributed by atoms with Crippen molar-refractivity contribution in [2.75, 3.05) is 7.11 Å². The number of hydrogen-bond acceptors (Lipinski definition) is 5. The Kier molecular flexibility index (Phi) is 7.18. The van der Waals surface area contributed by atoms with Gasteiger partial charge in [0.15, 0.2) is 0 Å². The third kappa shape index (κ3) is 5.05. The summed E-state index contributed by atoms with van der Waals surface area (Å²) in [6, 6.07) is 14.3. The first-order valence-corrected chi connectivity index (χ1v) is 12.8. The SMILES string of the molecule is CC#Cc1ccc(C(=O)NC2CCCCC2)c2c1cnn2[C@@H](C)c1ccc(-c2ccnc(OC)n2)cc1. The molecule has 188 valence electrons. The zero-order valence-corrected chi connectivity index (χ0v) is 21.5. The monoisotopic (exact) mass is 493 g/mol. The summed E-state index contributed by atoms with van der Waals surface area (Å²) in [5, 5.41) is 8.90. The van der Waals surface area contributed by atoms with Gasteiger partial charge in [0.05, 0.1) is 36.1 Å². The minimum absolute atomic E-state index is 0.0464. The van der Waals surface area contributed by atoms with Crippen LogP contribution in [0.3, 0.4) is 0 Å². The number of benzene rings is 2. The van der Waals surface area contributed by atoms with E-state index >= 15 is 0 Å². The highest BCUT2D eigenvalue weighted by Gasteiger charge is 2.23. The minimum Gasteiger partial charge on any atom is -0.467 e. The summed E-state index contributed by atoms with van der Waals surface area (Å²) in [4.78, 5) is 22.0. The van der Waals surface area contributed by atoms with Crippen LogP contribution in [0.15, 0.2) is 54.9 Å². The number of ether oxygens (including phenoxy) is 1. The van der Waals surface area contributed by atoms with Crippen LogP contribution in [-0.2, 0) is 0 Å². The Labute approximate surface area is 217 Å². The van der Waals surface area contributed by atoms with Crippen LogP contribution >= 0.6 is 0 Å². The number of nitrogens with zero attached hydrogens (tertiary/aromatic N) is 4. The normalized spacial score (nSPS) is 14.6. The zero-order valence-electron chi connectivity index (χ0n) is 21.5. The van der Waals surface area contributed by atoms with Crippen LogP contribution in [0.1, 0.15) is 73.5 Å². The molecule has 1 aliphatic carbocycles. The van der Waals surface area contributed by atoms with Gasteiger partial charge in [0, 0.05) is 28.8 Å². The first-order valence-electron chi connectivity index (χ1n) is 12.8. The summed E-state index contributed by atoms with van der Waals surface area (Å²) >= 11 is 0. The van der Waals surface area contributed by atoms with E-state index in [0.29, 0.717) is 11.6 Å². The summed E-state index contributed by atoms with van der Waals surface area (Å²) in [5.41, 5.74) is 5.15. The minimum atomic E-state index is -0.0995. The van der Waals surface area contributed by atoms with Gasteiger partial charge in [-0.3, -0.25) is 9.48 Å². The molecule has 2 heterocycles. The fourth-order valence-corrected chi connectivity index (χ4v) is 5.07. The highest BCUT2D eigenvalue weighted by atomic mass is 16.5. The average molecular weight is 494 g/mol. The van der Waals surface area contributed by atoms with Crippen LogP contribution in [0.4, 0.5) is 0 Å². The smallest absolute Gasteiger partial charge is 0.316 e. The van der Waals surface area contributed by atoms with E-state index in [1.807, 2.05) is 48.1 Å². The van der Waals surface area contributed by atoms with Crippen LogP contribution in [-0.4, -0.2) is 38.8 Å². The van der Waals surface area contributed by atoms with Gasteiger partial charge in [-0.1, -0.05) is 49.4 Å². The molecule has 0 aliphatic heterocycles. The first kappa shape index (κ1) is 24.5. The highest BCUT2D eigenvalue weighted by molar-refractivity contribution is 6.07. The van der Waals surface area contributed by atoms with Crippen molar-refractivity contribution in [3.8, 4) is 29.1 Å². The standard InChI is InChI=1S/C30H31N5O2/c1-4-8-22-15-16-25(29(36)33-24-9-6-5-7-10-24)28-26(22)19-32-35(28)20(2)21-11-13-23(14-12-21)27-17-18-31-30(34-27)37-3/h11-20,24H,5-7,9-10H2,1-3H3,(H,33,36)/t20-/m0/s1. The van der Waals surface area contributed by atoms with Crippen LogP contribution in [0, 0.1) is 11.8 Å². The Morgan fingerprint density at radius 3 is 2.62 bits per heavy atom. The van der Waals surface area contributed by atoms with Crippen LogP contribution in [0.5, 0.6) is 6.01 Å². The maximum Gasteiger partial charge on any atom is 0.316 e. The van der Waals surface area contributed by atoms with Crippen LogP contribution < -0.4 is 10.1 Å². The predicted molar refractivity (Wildman–Crippen MR) is 144 cm³/mol. The molecule has 1 atom stereocenters. The number of carbonyl (C=O) groups is 1. The fraction of sp³-hybridized carbons (Fsp3) is 0.333. The van der Waals surface area contributed by atoms with E-state index in [1.54, 1.807) is 13.3 Å². The lowest BCUT2D eigenvalue weighted by molar-refractivity contribution is 0.0929. The van der Waals surface area contributed by atoms with Crippen molar-refractivity contribution in [3.63, 3.8) is 0 Å². The summed E-state index contributed by atoms with van der Waals surface area (Å²) in [6.45, 7) is 3.91. The molecule has 1 amide bonds. The molecule has 0 bridgehead atoms. The molecule has 5 rings (SSSR count). The quantitative estimate of drug-likeness (QED) is 0.357. The molecular weight excluding hydrogens is 462 g/mol. The van der Waals surface area contributed by atoms with Gasteiger partial charge in [-0.2, -0.15) is 10.1 Å². The lowest BCUT2D eigenvalue weighted by Crippen LogP contribution is -2.36. The molecule has 7 heteroatoms. The zero-order chi connectivity index (χ0) is 25.8. The molecule has 1 aliphatic rings. The van der Waals surface area contributed by atoms with Gasteiger partial charge >= 0.3 is 6.01 Å². The number of nitrogens with one attached hydrogen (secondary N) is 1. The molecule has 4 aromatic rings. The van der Waals surface area contributed by atoms with Crippen molar-refractivity contribution in [2.24, 2.45) is 0 Å². The summed E-state index contributed by atoms with van der Waals surface area (Å²) in [6.07, 6.45) is 9.16. The molecule has 0 unspecified atom stereocenters. The summed E-state index contributed by atoms with van der Waals surface area (Å²) in [5.74, 6) is 6.11. The predicted octanol–water partition coefficient (Wildman–Crippen LogP) is 5.55. The topological polar surface area (TPSA) is 81.9 Å². The maximum absolute atomic E-state index is 13.4. The molecule has 2 aromatic heterocycles. The maximum atomic E-state index is 13.4. The van der Waals surface area contributed by atoms with E-state index in [2.05, 4.69) is 46.2 Å². The second-order valence-corrected chi connectivity index (χ2v) is 9.42. The van der Waals surface area contributed by atoms with Crippen molar-refractivity contribution in [3.05, 3.63) is 71.5 Å². The molecular formula is C30H31N5O2. The molecule has 1 N–H and O–H groups in total. The van der Waals surface area contributed by atoms with E-state index < -0.39 is 0 Å².